The predicted octanol–water partition coefficient (Wildman–Crippen LogP) is 2.37. The molecule has 3 amide bonds. The number of carbonyl (C=O) groups is 2. The van der Waals surface area contributed by atoms with Gasteiger partial charge in [-0.05, 0) is 24.0 Å². The van der Waals surface area contributed by atoms with Gasteiger partial charge < -0.3 is 10.2 Å². The Morgan fingerprint density at radius 2 is 1.54 bits per heavy atom. The van der Waals surface area contributed by atoms with Gasteiger partial charge in [0.1, 0.15) is 5.54 Å². The van der Waals surface area contributed by atoms with Crippen molar-refractivity contribution in [1.82, 2.24) is 15.1 Å². The summed E-state index contributed by atoms with van der Waals surface area (Å²) in [5.41, 5.74) is 0.434. The average molecular weight is 358 g/mol. The molecule has 0 bridgehead atoms. The third-order valence-electron chi connectivity index (χ3n) is 5.81. The molecule has 2 saturated heterocycles. The van der Waals surface area contributed by atoms with Crippen LogP contribution in [0.5, 0.6) is 0 Å². The molecule has 2 aliphatic heterocycles. The fourth-order valence-electron chi connectivity index (χ4n) is 4.18. The zero-order valence-corrected chi connectivity index (χ0v) is 16.2. The van der Waals surface area contributed by atoms with E-state index in [9.17, 15) is 9.59 Å². The Labute approximate surface area is 156 Å². The number of amides is 3. The monoisotopic (exact) mass is 358 g/mol. The van der Waals surface area contributed by atoms with Gasteiger partial charge in [0, 0.05) is 31.9 Å². The lowest BCUT2D eigenvalue weighted by atomic mass is 9.77. The standard InChI is InChI=1S/C20H30N4O2/c1-15(2)20(16(3)4)18(25)24(19(26)21-20)14-22-10-12-23(13-11-22)17-8-6-5-7-9-17/h5-9,15-16H,10-14H2,1-4H3,(H,21,26). The van der Waals surface area contributed by atoms with Crippen LogP contribution < -0.4 is 10.2 Å². The van der Waals surface area contributed by atoms with Gasteiger partial charge in [0.15, 0.2) is 0 Å². The van der Waals surface area contributed by atoms with E-state index in [1.165, 1.54) is 10.6 Å². The molecular formula is C20H30N4O2. The normalized spacial score (nSPS) is 21.0. The van der Waals surface area contributed by atoms with Crippen LogP contribution in [-0.2, 0) is 4.79 Å². The number of hydrogen-bond acceptors (Lipinski definition) is 4. The first-order valence-electron chi connectivity index (χ1n) is 9.52. The molecule has 0 aromatic heterocycles. The van der Waals surface area contributed by atoms with E-state index in [-0.39, 0.29) is 23.8 Å². The third kappa shape index (κ3) is 3.18. The van der Waals surface area contributed by atoms with Crippen LogP contribution in [0, 0.1) is 11.8 Å². The molecule has 0 aliphatic carbocycles. The fraction of sp³-hybridized carbons (Fsp3) is 0.600. The number of anilines is 1. The summed E-state index contributed by atoms with van der Waals surface area (Å²) >= 11 is 0. The highest BCUT2D eigenvalue weighted by Gasteiger charge is 2.55. The van der Waals surface area contributed by atoms with Crippen LogP contribution >= 0.6 is 0 Å². The van der Waals surface area contributed by atoms with Crippen LogP contribution in [0.15, 0.2) is 30.3 Å². The number of nitrogens with zero attached hydrogens (tertiary/aromatic N) is 3. The van der Waals surface area contributed by atoms with Gasteiger partial charge in [0.2, 0.25) is 0 Å². The van der Waals surface area contributed by atoms with Gasteiger partial charge in [-0.1, -0.05) is 45.9 Å². The molecule has 6 nitrogen and oxygen atoms in total. The third-order valence-corrected chi connectivity index (χ3v) is 5.81. The van der Waals surface area contributed by atoms with Crippen molar-refractivity contribution in [3.05, 3.63) is 30.3 Å². The molecule has 2 heterocycles. The van der Waals surface area contributed by atoms with Crippen molar-refractivity contribution in [1.29, 1.82) is 0 Å². The van der Waals surface area contributed by atoms with E-state index >= 15 is 0 Å². The zero-order chi connectivity index (χ0) is 18.9. The van der Waals surface area contributed by atoms with Crippen molar-refractivity contribution in [2.45, 2.75) is 33.2 Å². The van der Waals surface area contributed by atoms with Gasteiger partial charge in [-0.15, -0.1) is 0 Å². The molecule has 0 unspecified atom stereocenters. The Balaban J connectivity index is 1.63. The Kier molecular flexibility index (Phi) is 5.23. The molecule has 0 atom stereocenters. The average Bonchev–Trinajstić information content (AvgIpc) is 2.89. The summed E-state index contributed by atoms with van der Waals surface area (Å²) in [4.78, 5) is 31.5. The summed E-state index contributed by atoms with van der Waals surface area (Å²) in [5.74, 6) is 0.0238. The first-order valence-corrected chi connectivity index (χ1v) is 9.52. The topological polar surface area (TPSA) is 55.9 Å². The number of imide groups is 1. The molecule has 1 aromatic carbocycles. The minimum Gasteiger partial charge on any atom is -0.369 e. The van der Waals surface area contributed by atoms with Crippen LogP contribution in [0.25, 0.3) is 0 Å². The van der Waals surface area contributed by atoms with Gasteiger partial charge in [-0.3, -0.25) is 9.69 Å². The number of hydrogen-bond donors (Lipinski definition) is 1. The summed E-state index contributed by atoms with van der Waals surface area (Å²) in [6.07, 6.45) is 0. The zero-order valence-electron chi connectivity index (χ0n) is 16.2. The van der Waals surface area contributed by atoms with Crippen molar-refractivity contribution in [2.24, 2.45) is 11.8 Å². The number of piperazine rings is 1. The van der Waals surface area contributed by atoms with Crippen molar-refractivity contribution in [3.63, 3.8) is 0 Å². The summed E-state index contributed by atoms with van der Waals surface area (Å²) in [5, 5.41) is 2.99. The summed E-state index contributed by atoms with van der Waals surface area (Å²) < 4.78 is 0. The molecule has 2 fully saturated rings. The lowest BCUT2D eigenvalue weighted by Crippen LogP contribution is -2.56. The lowest BCUT2D eigenvalue weighted by molar-refractivity contribution is -0.136. The van der Waals surface area contributed by atoms with Crippen molar-refractivity contribution >= 4 is 17.6 Å². The van der Waals surface area contributed by atoms with Crippen LogP contribution in [0.1, 0.15) is 27.7 Å². The summed E-state index contributed by atoms with van der Waals surface area (Å²) in [6.45, 7) is 11.8. The van der Waals surface area contributed by atoms with Gasteiger partial charge in [-0.25, -0.2) is 9.69 Å². The van der Waals surface area contributed by atoms with E-state index in [4.69, 9.17) is 0 Å². The molecule has 6 heteroatoms. The first kappa shape index (κ1) is 18.7. The van der Waals surface area contributed by atoms with E-state index in [2.05, 4.69) is 27.2 Å². The molecule has 1 N–H and O–H groups in total. The van der Waals surface area contributed by atoms with Gasteiger partial charge >= 0.3 is 6.03 Å². The lowest BCUT2D eigenvalue weighted by Gasteiger charge is -2.38. The van der Waals surface area contributed by atoms with Gasteiger partial charge in [0.25, 0.3) is 5.91 Å². The Morgan fingerprint density at radius 1 is 0.962 bits per heavy atom. The first-order chi connectivity index (χ1) is 12.4. The maximum Gasteiger partial charge on any atom is 0.326 e. The minimum atomic E-state index is -0.789. The van der Waals surface area contributed by atoms with E-state index < -0.39 is 5.54 Å². The second-order valence-electron chi connectivity index (χ2n) is 7.92. The van der Waals surface area contributed by atoms with Crippen LogP contribution in [-0.4, -0.2) is 60.1 Å². The Hall–Kier alpha value is -2.08. The Morgan fingerprint density at radius 3 is 2.04 bits per heavy atom. The van der Waals surface area contributed by atoms with Crippen LogP contribution in [0.4, 0.5) is 10.5 Å². The van der Waals surface area contributed by atoms with E-state index in [1.807, 2.05) is 45.9 Å². The molecule has 0 saturated carbocycles. The van der Waals surface area contributed by atoms with Crippen molar-refractivity contribution in [3.8, 4) is 0 Å². The highest BCUT2D eigenvalue weighted by Crippen LogP contribution is 2.33. The SMILES string of the molecule is CC(C)C1(C(C)C)NC(=O)N(CN2CCN(c3ccccc3)CC2)C1=O. The number of urea groups is 1. The number of nitrogens with one attached hydrogen (secondary N) is 1. The van der Waals surface area contributed by atoms with Crippen molar-refractivity contribution in [2.75, 3.05) is 37.7 Å². The van der Waals surface area contributed by atoms with E-state index in [0.29, 0.717) is 6.67 Å². The predicted molar refractivity (Wildman–Crippen MR) is 103 cm³/mol. The fourth-order valence-corrected chi connectivity index (χ4v) is 4.18. The molecule has 3 rings (SSSR count). The second kappa shape index (κ2) is 7.27. The molecule has 142 valence electrons. The largest absolute Gasteiger partial charge is 0.369 e. The van der Waals surface area contributed by atoms with Crippen molar-refractivity contribution < 1.29 is 9.59 Å². The molecular weight excluding hydrogens is 328 g/mol. The molecule has 1 aromatic rings. The molecule has 0 spiro atoms. The number of carbonyl (C=O) groups excluding carboxylic acids is 2. The van der Waals surface area contributed by atoms with E-state index in [0.717, 1.165) is 26.2 Å². The second-order valence-corrected chi connectivity index (χ2v) is 7.92. The summed E-state index contributed by atoms with van der Waals surface area (Å²) in [6, 6.07) is 10.1. The van der Waals surface area contributed by atoms with Gasteiger partial charge in [0.05, 0.1) is 6.67 Å². The highest BCUT2D eigenvalue weighted by atomic mass is 16.2. The molecule has 26 heavy (non-hydrogen) atoms. The maximum absolute atomic E-state index is 13.1. The highest BCUT2D eigenvalue weighted by molar-refractivity contribution is 6.07. The van der Waals surface area contributed by atoms with Crippen LogP contribution in [0.2, 0.25) is 0 Å². The quantitative estimate of drug-likeness (QED) is 0.821. The molecule has 2 aliphatic rings. The van der Waals surface area contributed by atoms with Gasteiger partial charge in [-0.2, -0.15) is 0 Å². The number of para-hydroxylation sites is 1. The smallest absolute Gasteiger partial charge is 0.326 e. The van der Waals surface area contributed by atoms with Crippen LogP contribution in [0.3, 0.4) is 0 Å². The van der Waals surface area contributed by atoms with E-state index in [1.54, 1.807) is 0 Å². The minimum absolute atomic E-state index is 0.0545. The molecule has 0 radical (unpaired) electrons. The Bertz CT molecular complexity index is 643. The number of benzene rings is 1. The number of rotatable bonds is 5. The summed E-state index contributed by atoms with van der Waals surface area (Å²) in [7, 11) is 0. The maximum atomic E-state index is 13.1.